The molecule has 1 aromatic heterocycles. The number of allylic oxidation sites excluding steroid dienone is 1. The van der Waals surface area contributed by atoms with Crippen LogP contribution in [0.25, 0.3) is 6.08 Å². The van der Waals surface area contributed by atoms with Crippen molar-refractivity contribution in [2.75, 3.05) is 13.7 Å². The number of benzene rings is 3. The van der Waals surface area contributed by atoms with Crippen LogP contribution in [0.15, 0.2) is 92.3 Å². The fourth-order valence-electron chi connectivity index (χ4n) is 4.73. The van der Waals surface area contributed by atoms with E-state index < -0.39 is 12.0 Å². The first-order valence-corrected chi connectivity index (χ1v) is 14.7. The molecule has 210 valence electrons. The van der Waals surface area contributed by atoms with Gasteiger partial charge in [-0.1, -0.05) is 87.4 Å². The van der Waals surface area contributed by atoms with E-state index in [0.29, 0.717) is 44.3 Å². The molecule has 0 amide bonds. The van der Waals surface area contributed by atoms with Crippen molar-refractivity contribution in [2.24, 2.45) is 4.99 Å². The molecule has 5 rings (SSSR count). The summed E-state index contributed by atoms with van der Waals surface area (Å²) in [5, 5.41) is 0. The predicted octanol–water partition coefficient (Wildman–Crippen LogP) is 5.46. The number of aryl methyl sites for hydroxylation is 1. The van der Waals surface area contributed by atoms with Gasteiger partial charge in [-0.2, -0.15) is 0 Å². The molecule has 3 aromatic carbocycles. The minimum atomic E-state index is -0.668. The molecule has 0 saturated heterocycles. The maximum absolute atomic E-state index is 14.1. The van der Waals surface area contributed by atoms with E-state index in [4.69, 9.17) is 14.2 Å². The Morgan fingerprint density at radius 3 is 2.51 bits per heavy atom. The van der Waals surface area contributed by atoms with Crippen molar-refractivity contribution in [3.8, 4) is 11.5 Å². The number of esters is 1. The second-order valence-corrected chi connectivity index (χ2v) is 11.4. The first kappa shape index (κ1) is 28.6. The lowest BCUT2D eigenvalue weighted by Crippen LogP contribution is -2.39. The number of carbonyl (C=O) groups excluding carboxylic acids is 1. The highest BCUT2D eigenvalue weighted by Crippen LogP contribution is 2.36. The third kappa shape index (κ3) is 5.92. The highest BCUT2D eigenvalue weighted by Gasteiger charge is 2.33. The number of hydrogen-bond acceptors (Lipinski definition) is 7. The molecule has 0 aliphatic carbocycles. The van der Waals surface area contributed by atoms with Gasteiger partial charge in [-0.05, 0) is 50.1 Å². The molecule has 41 heavy (non-hydrogen) atoms. The zero-order valence-electron chi connectivity index (χ0n) is 23.1. The van der Waals surface area contributed by atoms with Gasteiger partial charge in [-0.15, -0.1) is 0 Å². The molecule has 1 aliphatic heterocycles. The number of rotatable bonds is 8. The number of carbonyl (C=O) groups is 1. The summed E-state index contributed by atoms with van der Waals surface area (Å²) in [5.41, 5.74) is 4.17. The highest BCUT2D eigenvalue weighted by atomic mass is 79.9. The number of methoxy groups -OCH3 is 1. The van der Waals surface area contributed by atoms with Crippen molar-refractivity contribution in [3.05, 3.63) is 124 Å². The van der Waals surface area contributed by atoms with Crippen molar-refractivity contribution in [3.63, 3.8) is 0 Å². The molecular weight excluding hydrogens is 604 g/mol. The van der Waals surface area contributed by atoms with E-state index >= 15 is 0 Å². The van der Waals surface area contributed by atoms with Crippen LogP contribution in [0.2, 0.25) is 0 Å². The van der Waals surface area contributed by atoms with Gasteiger partial charge in [0, 0.05) is 10.0 Å². The Labute approximate surface area is 250 Å². The van der Waals surface area contributed by atoms with Gasteiger partial charge in [0.2, 0.25) is 0 Å². The molecule has 7 nitrogen and oxygen atoms in total. The lowest BCUT2D eigenvalue weighted by Gasteiger charge is -2.24. The minimum Gasteiger partial charge on any atom is -0.493 e. The third-order valence-corrected chi connectivity index (χ3v) is 8.13. The molecule has 0 saturated carbocycles. The Kier molecular flexibility index (Phi) is 8.56. The molecule has 0 bridgehead atoms. The van der Waals surface area contributed by atoms with Crippen molar-refractivity contribution >= 4 is 39.3 Å². The van der Waals surface area contributed by atoms with Gasteiger partial charge in [0.1, 0.15) is 6.61 Å². The van der Waals surface area contributed by atoms with Crippen LogP contribution < -0.4 is 24.4 Å². The van der Waals surface area contributed by atoms with Crippen LogP contribution in [0.1, 0.15) is 42.1 Å². The molecular formula is C32H29BrN2O5S. The number of aromatic nitrogens is 1. The van der Waals surface area contributed by atoms with Crippen LogP contribution in [0.5, 0.6) is 11.5 Å². The summed E-state index contributed by atoms with van der Waals surface area (Å²) >= 11 is 4.82. The first-order valence-electron chi connectivity index (χ1n) is 13.1. The summed E-state index contributed by atoms with van der Waals surface area (Å²) in [6, 6.07) is 20.7. The van der Waals surface area contributed by atoms with E-state index in [9.17, 15) is 9.59 Å². The molecule has 2 heterocycles. The van der Waals surface area contributed by atoms with Crippen LogP contribution in [-0.4, -0.2) is 24.3 Å². The second kappa shape index (κ2) is 12.3. The number of thiazole rings is 1. The van der Waals surface area contributed by atoms with E-state index in [1.807, 2.05) is 73.7 Å². The molecule has 0 spiro atoms. The Balaban J connectivity index is 1.67. The van der Waals surface area contributed by atoms with Crippen molar-refractivity contribution in [2.45, 2.75) is 33.4 Å². The van der Waals surface area contributed by atoms with Gasteiger partial charge in [-0.3, -0.25) is 9.36 Å². The summed E-state index contributed by atoms with van der Waals surface area (Å²) in [5.74, 6) is 0.568. The van der Waals surface area contributed by atoms with Crippen LogP contribution in [-0.2, 0) is 16.1 Å². The Morgan fingerprint density at radius 1 is 1.10 bits per heavy atom. The summed E-state index contributed by atoms with van der Waals surface area (Å²) in [6.45, 7) is 6.08. The van der Waals surface area contributed by atoms with Crippen molar-refractivity contribution < 1.29 is 19.0 Å². The summed E-state index contributed by atoms with van der Waals surface area (Å²) in [4.78, 5) is 32.4. The smallest absolute Gasteiger partial charge is 0.338 e. The Hall–Kier alpha value is -3.95. The number of ether oxygens (including phenoxy) is 3. The molecule has 1 atom stereocenters. The molecule has 0 unspecified atom stereocenters. The van der Waals surface area contributed by atoms with Gasteiger partial charge < -0.3 is 14.2 Å². The quantitative estimate of drug-likeness (QED) is 0.241. The largest absolute Gasteiger partial charge is 0.493 e. The zero-order chi connectivity index (χ0) is 29.1. The fourth-order valence-corrected chi connectivity index (χ4v) is 6.22. The van der Waals surface area contributed by atoms with Crippen LogP contribution >= 0.6 is 27.3 Å². The molecule has 1 aliphatic rings. The van der Waals surface area contributed by atoms with Crippen LogP contribution in [0.3, 0.4) is 0 Å². The lowest BCUT2D eigenvalue weighted by molar-refractivity contribution is -0.139. The van der Waals surface area contributed by atoms with E-state index in [1.165, 1.54) is 11.3 Å². The van der Waals surface area contributed by atoms with E-state index in [1.54, 1.807) is 31.6 Å². The Morgan fingerprint density at radius 2 is 1.83 bits per heavy atom. The SMILES string of the molecule is CCOC(=O)C1=C(C)N=c2s/c(=C\c3cc(Br)cc(OC)c3OCc3ccccc3)c(=O)n2[C@@H]1c1ccc(C)cc1. The fraction of sp³-hybridized carbons (Fsp3) is 0.219. The summed E-state index contributed by atoms with van der Waals surface area (Å²) in [7, 11) is 1.58. The van der Waals surface area contributed by atoms with E-state index in [0.717, 1.165) is 21.2 Å². The van der Waals surface area contributed by atoms with Crippen molar-refractivity contribution in [1.29, 1.82) is 0 Å². The standard InChI is InChI=1S/C32H29BrN2O5S/c1-5-39-31(37)27-20(3)34-32-35(28(27)22-13-11-19(2)12-14-22)30(36)26(41-32)16-23-15-24(33)17-25(38-4)29(23)40-18-21-9-7-6-8-10-21/h6-17,28H,5,18H2,1-4H3/b26-16-/t28-/m1/s1. The van der Waals surface area contributed by atoms with E-state index in [-0.39, 0.29) is 12.2 Å². The number of fused-ring (bicyclic) bond motifs is 1. The number of hydrogen-bond donors (Lipinski definition) is 0. The van der Waals surface area contributed by atoms with Gasteiger partial charge in [0.05, 0.1) is 35.6 Å². The highest BCUT2D eigenvalue weighted by molar-refractivity contribution is 9.10. The summed E-state index contributed by atoms with van der Waals surface area (Å²) < 4.78 is 20.1. The topological polar surface area (TPSA) is 79.1 Å². The number of halogens is 1. The number of nitrogens with zero attached hydrogens (tertiary/aromatic N) is 2. The first-order chi connectivity index (χ1) is 19.8. The molecule has 9 heteroatoms. The average molecular weight is 634 g/mol. The zero-order valence-corrected chi connectivity index (χ0v) is 25.5. The van der Waals surface area contributed by atoms with Crippen molar-refractivity contribution in [1.82, 2.24) is 4.57 Å². The molecule has 0 radical (unpaired) electrons. The second-order valence-electron chi connectivity index (χ2n) is 9.51. The normalized spacial score (nSPS) is 14.9. The molecule has 0 fully saturated rings. The van der Waals surface area contributed by atoms with Crippen LogP contribution in [0.4, 0.5) is 0 Å². The molecule has 0 N–H and O–H groups in total. The van der Waals surface area contributed by atoms with Gasteiger partial charge in [-0.25, -0.2) is 9.79 Å². The third-order valence-electron chi connectivity index (χ3n) is 6.69. The van der Waals surface area contributed by atoms with Gasteiger partial charge in [0.15, 0.2) is 16.3 Å². The predicted molar refractivity (Wildman–Crippen MR) is 163 cm³/mol. The Bertz CT molecular complexity index is 1810. The summed E-state index contributed by atoms with van der Waals surface area (Å²) in [6.07, 6.45) is 1.78. The van der Waals surface area contributed by atoms with Gasteiger partial charge >= 0.3 is 5.97 Å². The van der Waals surface area contributed by atoms with Crippen LogP contribution in [0, 0.1) is 6.92 Å². The maximum Gasteiger partial charge on any atom is 0.338 e. The lowest BCUT2D eigenvalue weighted by atomic mass is 9.95. The maximum atomic E-state index is 14.1. The monoisotopic (exact) mass is 632 g/mol. The van der Waals surface area contributed by atoms with Gasteiger partial charge in [0.25, 0.3) is 5.56 Å². The minimum absolute atomic E-state index is 0.219. The average Bonchev–Trinajstić information content (AvgIpc) is 3.26. The molecule has 4 aromatic rings. The van der Waals surface area contributed by atoms with E-state index in [2.05, 4.69) is 20.9 Å².